The van der Waals surface area contributed by atoms with Crippen LogP contribution in [0.5, 0.6) is 0 Å². The topological polar surface area (TPSA) is 116 Å². The summed E-state index contributed by atoms with van der Waals surface area (Å²) < 4.78 is 0. The van der Waals surface area contributed by atoms with Crippen LogP contribution in [0.1, 0.15) is 24.8 Å². The van der Waals surface area contributed by atoms with Crippen LogP contribution in [0.2, 0.25) is 0 Å². The molecule has 1 rings (SSSR count). The van der Waals surface area contributed by atoms with Gasteiger partial charge < -0.3 is 20.8 Å². The fourth-order valence-electron chi connectivity index (χ4n) is 1.73. The number of urea groups is 1. The highest BCUT2D eigenvalue weighted by Gasteiger charge is 2.23. The van der Waals surface area contributed by atoms with Gasteiger partial charge in [0.1, 0.15) is 6.04 Å². The Kier molecular flexibility index (Phi) is 6.19. The highest BCUT2D eigenvalue weighted by molar-refractivity contribution is 5.86. The van der Waals surface area contributed by atoms with Crippen molar-refractivity contribution >= 4 is 18.0 Å². The predicted octanol–water partition coefficient (Wildman–Crippen LogP) is 1.02. The molecule has 0 aliphatic heterocycles. The van der Waals surface area contributed by atoms with Crippen molar-refractivity contribution in [1.29, 1.82) is 0 Å². The van der Waals surface area contributed by atoms with E-state index >= 15 is 0 Å². The Morgan fingerprint density at radius 2 is 1.76 bits per heavy atom. The lowest BCUT2D eigenvalue weighted by molar-refractivity contribution is -0.145. The molecule has 0 saturated carbocycles. The molecule has 21 heavy (non-hydrogen) atoms. The molecule has 0 fully saturated rings. The number of aliphatic carboxylic acids is 2. The van der Waals surface area contributed by atoms with Gasteiger partial charge in [-0.25, -0.2) is 9.59 Å². The number of amides is 2. The predicted molar refractivity (Wildman–Crippen MR) is 75.1 cm³/mol. The van der Waals surface area contributed by atoms with Gasteiger partial charge in [-0.2, -0.15) is 0 Å². The van der Waals surface area contributed by atoms with Crippen LogP contribution in [0, 0.1) is 0 Å². The number of hydrogen-bond donors (Lipinski definition) is 4. The molecule has 2 amide bonds. The third-order valence-corrected chi connectivity index (χ3v) is 2.92. The van der Waals surface area contributed by atoms with Crippen molar-refractivity contribution in [3.05, 3.63) is 35.9 Å². The quantitative estimate of drug-likeness (QED) is 0.599. The second-order valence-electron chi connectivity index (χ2n) is 4.65. The van der Waals surface area contributed by atoms with Gasteiger partial charge in [0.2, 0.25) is 0 Å². The standard InChI is InChI=1S/C14H18N2O5/c1-9(10-5-3-2-4-6-10)8-15-14(21)16-11(13(19)20)7-12(17)18/h2-6,9,11H,7-8H2,1H3,(H,17,18)(H,19,20)(H2,15,16,21)/t9?,11-/m1/s1. The SMILES string of the molecule is CC(CNC(=O)N[C@H](CC(=O)O)C(=O)O)c1ccccc1. The zero-order valence-electron chi connectivity index (χ0n) is 11.6. The first kappa shape index (κ1) is 16.5. The van der Waals surface area contributed by atoms with Gasteiger partial charge in [0.25, 0.3) is 0 Å². The maximum atomic E-state index is 11.6. The van der Waals surface area contributed by atoms with E-state index in [0.29, 0.717) is 6.54 Å². The monoisotopic (exact) mass is 294 g/mol. The molecule has 0 aliphatic rings. The summed E-state index contributed by atoms with van der Waals surface area (Å²) in [5, 5.41) is 22.1. The first-order chi connectivity index (χ1) is 9.90. The van der Waals surface area contributed by atoms with E-state index in [-0.39, 0.29) is 5.92 Å². The molecule has 0 heterocycles. The first-order valence-corrected chi connectivity index (χ1v) is 6.44. The summed E-state index contributed by atoms with van der Waals surface area (Å²) >= 11 is 0. The maximum absolute atomic E-state index is 11.6. The van der Waals surface area contributed by atoms with Gasteiger partial charge in [0.05, 0.1) is 6.42 Å². The highest BCUT2D eigenvalue weighted by Crippen LogP contribution is 2.12. The molecule has 0 saturated heterocycles. The molecule has 7 heteroatoms. The number of carbonyl (C=O) groups excluding carboxylic acids is 1. The summed E-state index contributed by atoms with van der Waals surface area (Å²) in [7, 11) is 0. The first-order valence-electron chi connectivity index (χ1n) is 6.44. The van der Waals surface area contributed by atoms with Crippen molar-refractivity contribution < 1.29 is 24.6 Å². The molecular formula is C14H18N2O5. The lowest BCUT2D eigenvalue weighted by Crippen LogP contribution is -2.47. The van der Waals surface area contributed by atoms with E-state index in [0.717, 1.165) is 5.56 Å². The molecule has 7 nitrogen and oxygen atoms in total. The van der Waals surface area contributed by atoms with Gasteiger partial charge in [-0.1, -0.05) is 37.3 Å². The van der Waals surface area contributed by atoms with E-state index in [4.69, 9.17) is 10.2 Å². The normalized spacial score (nSPS) is 13.0. The number of carboxylic acid groups (broad SMARTS) is 2. The van der Waals surface area contributed by atoms with Crippen LogP contribution in [0.3, 0.4) is 0 Å². The lowest BCUT2D eigenvalue weighted by Gasteiger charge is -2.16. The van der Waals surface area contributed by atoms with Crippen LogP contribution in [0.4, 0.5) is 4.79 Å². The van der Waals surface area contributed by atoms with Gasteiger partial charge in [-0.05, 0) is 11.5 Å². The van der Waals surface area contributed by atoms with Crippen LogP contribution < -0.4 is 10.6 Å². The molecule has 0 bridgehead atoms. The molecule has 0 aromatic heterocycles. The Morgan fingerprint density at radius 1 is 1.14 bits per heavy atom. The van der Waals surface area contributed by atoms with Gasteiger partial charge in [-0.3, -0.25) is 4.79 Å². The fourth-order valence-corrected chi connectivity index (χ4v) is 1.73. The summed E-state index contributed by atoms with van der Waals surface area (Å²) in [5.41, 5.74) is 1.04. The van der Waals surface area contributed by atoms with E-state index < -0.39 is 30.4 Å². The highest BCUT2D eigenvalue weighted by atomic mass is 16.4. The zero-order valence-corrected chi connectivity index (χ0v) is 11.6. The second-order valence-corrected chi connectivity index (χ2v) is 4.65. The Balaban J connectivity index is 2.46. The summed E-state index contributed by atoms with van der Waals surface area (Å²) in [4.78, 5) is 32.9. The van der Waals surface area contributed by atoms with Gasteiger partial charge >= 0.3 is 18.0 Å². The van der Waals surface area contributed by atoms with Gasteiger partial charge in [-0.15, -0.1) is 0 Å². The molecule has 114 valence electrons. The van der Waals surface area contributed by atoms with Crippen molar-refractivity contribution in [2.75, 3.05) is 6.54 Å². The molecular weight excluding hydrogens is 276 g/mol. The van der Waals surface area contributed by atoms with E-state index in [1.54, 1.807) is 0 Å². The molecule has 0 radical (unpaired) electrons. The number of carbonyl (C=O) groups is 3. The van der Waals surface area contributed by atoms with E-state index in [1.807, 2.05) is 37.3 Å². The molecule has 0 spiro atoms. The Hall–Kier alpha value is -2.57. The molecule has 2 atom stereocenters. The largest absolute Gasteiger partial charge is 0.481 e. The summed E-state index contributed by atoms with van der Waals surface area (Å²) in [6, 6.07) is 7.36. The Morgan fingerprint density at radius 3 is 2.29 bits per heavy atom. The molecule has 4 N–H and O–H groups in total. The summed E-state index contributed by atoms with van der Waals surface area (Å²) in [6.45, 7) is 2.23. The lowest BCUT2D eigenvalue weighted by atomic mass is 10.0. The smallest absolute Gasteiger partial charge is 0.326 e. The number of nitrogens with one attached hydrogen (secondary N) is 2. The Labute approximate surface area is 122 Å². The third-order valence-electron chi connectivity index (χ3n) is 2.92. The third kappa shape index (κ3) is 5.94. The van der Waals surface area contributed by atoms with Crippen molar-refractivity contribution in [3.8, 4) is 0 Å². The second kappa shape index (κ2) is 7.88. The van der Waals surface area contributed by atoms with Crippen LogP contribution in [-0.4, -0.2) is 40.8 Å². The van der Waals surface area contributed by atoms with Crippen LogP contribution in [0.25, 0.3) is 0 Å². The minimum absolute atomic E-state index is 0.0553. The fraction of sp³-hybridized carbons (Fsp3) is 0.357. The average molecular weight is 294 g/mol. The number of hydrogen-bond acceptors (Lipinski definition) is 3. The van der Waals surface area contributed by atoms with E-state index in [1.165, 1.54) is 0 Å². The minimum Gasteiger partial charge on any atom is -0.481 e. The number of carboxylic acids is 2. The number of benzene rings is 1. The van der Waals surface area contributed by atoms with Crippen molar-refractivity contribution in [2.45, 2.75) is 25.3 Å². The molecule has 1 aromatic rings. The van der Waals surface area contributed by atoms with Crippen LogP contribution in [0.15, 0.2) is 30.3 Å². The molecule has 1 unspecified atom stereocenters. The minimum atomic E-state index is -1.45. The van der Waals surface area contributed by atoms with Crippen molar-refractivity contribution in [2.24, 2.45) is 0 Å². The number of rotatable bonds is 7. The Bertz CT molecular complexity index is 503. The van der Waals surface area contributed by atoms with Crippen LogP contribution >= 0.6 is 0 Å². The van der Waals surface area contributed by atoms with Crippen LogP contribution in [-0.2, 0) is 9.59 Å². The van der Waals surface area contributed by atoms with Gasteiger partial charge in [0.15, 0.2) is 0 Å². The zero-order chi connectivity index (χ0) is 15.8. The van der Waals surface area contributed by atoms with Crippen molar-refractivity contribution in [1.82, 2.24) is 10.6 Å². The van der Waals surface area contributed by atoms with Gasteiger partial charge in [0, 0.05) is 6.54 Å². The molecule has 1 aromatic carbocycles. The summed E-state index contributed by atoms with van der Waals surface area (Å²) in [6.07, 6.45) is -0.670. The van der Waals surface area contributed by atoms with Crippen molar-refractivity contribution in [3.63, 3.8) is 0 Å². The maximum Gasteiger partial charge on any atom is 0.326 e. The van der Waals surface area contributed by atoms with E-state index in [9.17, 15) is 14.4 Å². The summed E-state index contributed by atoms with van der Waals surface area (Å²) in [5.74, 6) is -2.62. The average Bonchev–Trinajstić information content (AvgIpc) is 2.44. The van der Waals surface area contributed by atoms with E-state index in [2.05, 4.69) is 10.6 Å². The molecule has 0 aliphatic carbocycles.